The first-order valence-corrected chi connectivity index (χ1v) is 8.05. The standard InChI is InChI=1S/C19H13F3N4O/c1-25-18-16(26(19(25)27)10-11-3-2-4-23-8-11)7-13(9-24-18)12-5-14(20)17(22)15(21)6-12/h2-9H,10H2,1H3. The number of rotatable bonds is 3. The van der Waals surface area contributed by atoms with E-state index in [0.29, 0.717) is 16.7 Å². The highest BCUT2D eigenvalue weighted by molar-refractivity contribution is 5.79. The van der Waals surface area contributed by atoms with Crippen LogP contribution in [-0.4, -0.2) is 19.1 Å². The molecule has 4 rings (SSSR count). The number of aromatic nitrogens is 4. The summed E-state index contributed by atoms with van der Waals surface area (Å²) < 4.78 is 43.3. The summed E-state index contributed by atoms with van der Waals surface area (Å²) in [6.07, 6.45) is 4.67. The molecule has 0 aliphatic rings. The van der Waals surface area contributed by atoms with Gasteiger partial charge < -0.3 is 0 Å². The van der Waals surface area contributed by atoms with E-state index in [-0.39, 0.29) is 17.8 Å². The van der Waals surface area contributed by atoms with Crippen LogP contribution < -0.4 is 5.69 Å². The summed E-state index contributed by atoms with van der Waals surface area (Å²) >= 11 is 0. The van der Waals surface area contributed by atoms with Gasteiger partial charge in [0, 0.05) is 31.2 Å². The molecule has 0 radical (unpaired) electrons. The lowest BCUT2D eigenvalue weighted by Gasteiger charge is -2.06. The Bertz CT molecular complexity index is 1190. The predicted octanol–water partition coefficient (Wildman–Crippen LogP) is 3.26. The van der Waals surface area contributed by atoms with E-state index >= 15 is 0 Å². The van der Waals surface area contributed by atoms with Crippen molar-refractivity contribution in [3.63, 3.8) is 0 Å². The molecule has 0 saturated carbocycles. The first-order valence-electron chi connectivity index (χ1n) is 8.05. The Balaban J connectivity index is 1.89. The van der Waals surface area contributed by atoms with Crippen LogP contribution in [0.2, 0.25) is 0 Å². The average molecular weight is 370 g/mol. The molecule has 0 bridgehead atoms. The quantitative estimate of drug-likeness (QED) is 0.520. The van der Waals surface area contributed by atoms with E-state index < -0.39 is 17.5 Å². The molecule has 3 aromatic heterocycles. The number of nitrogens with zero attached hydrogens (tertiary/aromatic N) is 4. The largest absolute Gasteiger partial charge is 0.330 e. The molecule has 8 heteroatoms. The van der Waals surface area contributed by atoms with Gasteiger partial charge in [-0.15, -0.1) is 0 Å². The van der Waals surface area contributed by atoms with Crippen molar-refractivity contribution in [2.45, 2.75) is 6.54 Å². The van der Waals surface area contributed by atoms with Gasteiger partial charge >= 0.3 is 5.69 Å². The van der Waals surface area contributed by atoms with Crippen molar-refractivity contribution in [2.75, 3.05) is 0 Å². The lowest BCUT2D eigenvalue weighted by molar-refractivity contribution is 0.447. The second-order valence-corrected chi connectivity index (χ2v) is 6.11. The topological polar surface area (TPSA) is 52.7 Å². The van der Waals surface area contributed by atoms with Crippen LogP contribution in [0.15, 0.2) is 53.7 Å². The van der Waals surface area contributed by atoms with Gasteiger partial charge in [-0.25, -0.2) is 22.9 Å². The molecule has 0 unspecified atom stereocenters. The number of fused-ring (bicyclic) bond motifs is 1. The van der Waals surface area contributed by atoms with Crippen LogP contribution >= 0.6 is 0 Å². The van der Waals surface area contributed by atoms with Crippen LogP contribution in [0.4, 0.5) is 13.2 Å². The van der Waals surface area contributed by atoms with Gasteiger partial charge in [-0.2, -0.15) is 0 Å². The Labute approximate surface area is 151 Å². The SMILES string of the molecule is Cn1c(=O)n(Cc2cccnc2)c2cc(-c3cc(F)c(F)c(F)c3)cnc21. The van der Waals surface area contributed by atoms with Crippen LogP contribution in [0.1, 0.15) is 5.56 Å². The molecule has 0 N–H and O–H groups in total. The number of benzene rings is 1. The Morgan fingerprint density at radius 3 is 2.44 bits per heavy atom. The average Bonchev–Trinajstić information content (AvgIpc) is 2.91. The van der Waals surface area contributed by atoms with Gasteiger partial charge in [0.15, 0.2) is 23.1 Å². The highest BCUT2D eigenvalue weighted by atomic mass is 19.2. The summed E-state index contributed by atoms with van der Waals surface area (Å²) in [6, 6.07) is 6.99. The van der Waals surface area contributed by atoms with Gasteiger partial charge in [0.2, 0.25) is 0 Å². The molecule has 0 amide bonds. The number of halogens is 3. The molecule has 0 atom stereocenters. The van der Waals surface area contributed by atoms with Gasteiger partial charge in [0.05, 0.1) is 12.1 Å². The van der Waals surface area contributed by atoms with E-state index in [0.717, 1.165) is 17.7 Å². The maximum absolute atomic E-state index is 13.6. The highest BCUT2D eigenvalue weighted by Crippen LogP contribution is 2.25. The fraction of sp³-hybridized carbons (Fsp3) is 0.105. The van der Waals surface area contributed by atoms with Crippen molar-refractivity contribution < 1.29 is 13.2 Å². The monoisotopic (exact) mass is 370 g/mol. The number of hydrogen-bond acceptors (Lipinski definition) is 3. The molecule has 0 spiro atoms. The summed E-state index contributed by atoms with van der Waals surface area (Å²) in [5, 5.41) is 0. The first-order chi connectivity index (χ1) is 13.0. The maximum atomic E-state index is 13.6. The molecule has 5 nitrogen and oxygen atoms in total. The molecular weight excluding hydrogens is 357 g/mol. The second-order valence-electron chi connectivity index (χ2n) is 6.11. The smallest absolute Gasteiger partial charge is 0.286 e. The van der Waals surface area contributed by atoms with E-state index in [1.54, 1.807) is 31.6 Å². The van der Waals surface area contributed by atoms with E-state index in [1.165, 1.54) is 15.3 Å². The molecule has 0 aliphatic carbocycles. The lowest BCUT2D eigenvalue weighted by atomic mass is 10.1. The van der Waals surface area contributed by atoms with Gasteiger partial charge in [-0.1, -0.05) is 6.07 Å². The molecule has 136 valence electrons. The highest BCUT2D eigenvalue weighted by Gasteiger charge is 2.16. The van der Waals surface area contributed by atoms with Crippen molar-refractivity contribution in [3.8, 4) is 11.1 Å². The minimum absolute atomic E-state index is 0.130. The predicted molar refractivity (Wildman–Crippen MR) is 93.6 cm³/mol. The third-order valence-electron chi connectivity index (χ3n) is 4.35. The van der Waals surface area contributed by atoms with E-state index in [2.05, 4.69) is 9.97 Å². The van der Waals surface area contributed by atoms with Crippen molar-refractivity contribution >= 4 is 11.2 Å². The summed E-state index contributed by atoms with van der Waals surface area (Å²) in [4.78, 5) is 20.9. The maximum Gasteiger partial charge on any atom is 0.330 e. The number of hydrogen-bond donors (Lipinski definition) is 0. The van der Waals surface area contributed by atoms with Crippen LogP contribution in [0.25, 0.3) is 22.3 Å². The fourth-order valence-corrected chi connectivity index (χ4v) is 2.98. The van der Waals surface area contributed by atoms with Gasteiger partial charge in [-0.3, -0.25) is 14.1 Å². The van der Waals surface area contributed by atoms with Crippen LogP contribution in [-0.2, 0) is 13.6 Å². The first kappa shape index (κ1) is 17.0. The van der Waals surface area contributed by atoms with Gasteiger partial charge in [-0.05, 0) is 35.4 Å². The number of pyridine rings is 2. The Morgan fingerprint density at radius 2 is 1.78 bits per heavy atom. The van der Waals surface area contributed by atoms with Crippen LogP contribution in [0.3, 0.4) is 0 Å². The molecule has 4 aromatic rings. The van der Waals surface area contributed by atoms with Gasteiger partial charge in [0.1, 0.15) is 0 Å². The molecule has 27 heavy (non-hydrogen) atoms. The van der Waals surface area contributed by atoms with Gasteiger partial charge in [0.25, 0.3) is 0 Å². The Hall–Kier alpha value is -3.42. The third-order valence-corrected chi connectivity index (χ3v) is 4.35. The van der Waals surface area contributed by atoms with Crippen LogP contribution in [0, 0.1) is 17.5 Å². The molecule has 0 fully saturated rings. The molecule has 0 saturated heterocycles. The van der Waals surface area contributed by atoms with Crippen molar-refractivity contribution in [1.29, 1.82) is 0 Å². The number of imidazole rings is 1. The number of aryl methyl sites for hydroxylation is 1. The zero-order chi connectivity index (χ0) is 19.1. The molecule has 1 aromatic carbocycles. The summed E-state index contributed by atoms with van der Waals surface area (Å²) in [7, 11) is 1.59. The van der Waals surface area contributed by atoms with Crippen molar-refractivity contribution in [3.05, 3.63) is 82.4 Å². The Morgan fingerprint density at radius 1 is 1.04 bits per heavy atom. The fourth-order valence-electron chi connectivity index (χ4n) is 2.98. The van der Waals surface area contributed by atoms with Crippen LogP contribution in [0.5, 0.6) is 0 Å². The minimum Gasteiger partial charge on any atom is -0.286 e. The zero-order valence-electron chi connectivity index (χ0n) is 14.2. The zero-order valence-corrected chi connectivity index (χ0v) is 14.2. The molecular formula is C19H13F3N4O. The normalized spacial score (nSPS) is 11.3. The molecule has 3 heterocycles. The van der Waals surface area contributed by atoms with E-state index in [9.17, 15) is 18.0 Å². The Kier molecular flexibility index (Phi) is 4.02. The van der Waals surface area contributed by atoms with Crippen molar-refractivity contribution in [2.24, 2.45) is 7.05 Å². The third kappa shape index (κ3) is 2.88. The summed E-state index contributed by atoms with van der Waals surface area (Å²) in [6.45, 7) is 0.265. The second kappa shape index (κ2) is 6.39. The summed E-state index contributed by atoms with van der Waals surface area (Å²) in [5.41, 5.74) is 1.95. The minimum atomic E-state index is -1.53. The van der Waals surface area contributed by atoms with E-state index in [1.807, 2.05) is 6.07 Å². The summed E-state index contributed by atoms with van der Waals surface area (Å²) in [5.74, 6) is -4.10. The van der Waals surface area contributed by atoms with E-state index in [4.69, 9.17) is 0 Å². The lowest BCUT2D eigenvalue weighted by Crippen LogP contribution is -2.22. The van der Waals surface area contributed by atoms with Crippen molar-refractivity contribution in [1.82, 2.24) is 19.1 Å². The molecule has 0 aliphatic heterocycles.